The summed E-state index contributed by atoms with van der Waals surface area (Å²) in [6.45, 7) is 7.45. The number of carboxylic acid groups (broad SMARTS) is 1. The standard InChI is InChI=1S/C23H26N2O5/c1-13(2)30-23(29)24-20-9-10-25(15(4)26)21-8-6-16(12-19(20)21)18-7-5-17(22(27)28)11-14(18)3/h5-8,11-13,20H,9-10H2,1-4H3,(H,24,29)(H,27,28). The molecular formula is C23H26N2O5. The zero-order valence-corrected chi connectivity index (χ0v) is 17.6. The number of hydrogen-bond donors (Lipinski definition) is 2. The van der Waals surface area contributed by atoms with Crippen molar-refractivity contribution < 1.29 is 24.2 Å². The van der Waals surface area contributed by atoms with E-state index in [0.29, 0.717) is 13.0 Å². The number of aryl methyl sites for hydroxylation is 1. The number of nitrogens with zero attached hydrogens (tertiary/aromatic N) is 1. The van der Waals surface area contributed by atoms with Crippen LogP contribution in [-0.4, -0.2) is 35.7 Å². The largest absolute Gasteiger partial charge is 0.478 e. The molecule has 30 heavy (non-hydrogen) atoms. The second-order valence-electron chi connectivity index (χ2n) is 7.72. The van der Waals surface area contributed by atoms with Crippen LogP contribution in [-0.2, 0) is 9.53 Å². The number of alkyl carbamates (subject to hydrolysis) is 1. The Morgan fingerprint density at radius 1 is 1.17 bits per heavy atom. The van der Waals surface area contributed by atoms with Crippen LogP contribution >= 0.6 is 0 Å². The number of hydrogen-bond acceptors (Lipinski definition) is 4. The predicted molar refractivity (Wildman–Crippen MR) is 114 cm³/mol. The van der Waals surface area contributed by atoms with Gasteiger partial charge in [0, 0.05) is 19.2 Å². The molecule has 0 fully saturated rings. The fourth-order valence-corrected chi connectivity index (χ4v) is 3.77. The van der Waals surface area contributed by atoms with Crippen LogP contribution < -0.4 is 10.2 Å². The van der Waals surface area contributed by atoms with Crippen LogP contribution in [0.5, 0.6) is 0 Å². The Kier molecular flexibility index (Phi) is 6.10. The van der Waals surface area contributed by atoms with Gasteiger partial charge in [0.1, 0.15) is 0 Å². The predicted octanol–water partition coefficient (Wildman–Crippen LogP) is 4.29. The van der Waals surface area contributed by atoms with Gasteiger partial charge in [-0.1, -0.05) is 12.1 Å². The van der Waals surface area contributed by atoms with Gasteiger partial charge in [-0.15, -0.1) is 0 Å². The number of rotatable bonds is 4. The quantitative estimate of drug-likeness (QED) is 0.784. The Labute approximate surface area is 175 Å². The van der Waals surface area contributed by atoms with Gasteiger partial charge in [0.05, 0.1) is 17.7 Å². The number of nitrogens with one attached hydrogen (secondary N) is 1. The first kappa shape index (κ1) is 21.4. The Hall–Kier alpha value is -3.35. The number of carbonyl (C=O) groups is 3. The molecule has 0 saturated carbocycles. The molecule has 7 heteroatoms. The third-order valence-electron chi connectivity index (χ3n) is 5.13. The van der Waals surface area contributed by atoms with E-state index in [1.54, 1.807) is 36.9 Å². The van der Waals surface area contributed by atoms with Crippen molar-refractivity contribution in [1.82, 2.24) is 5.32 Å². The molecule has 0 aromatic heterocycles. The number of fused-ring (bicyclic) bond motifs is 1. The number of carboxylic acids is 1. The smallest absolute Gasteiger partial charge is 0.407 e. The highest BCUT2D eigenvalue weighted by atomic mass is 16.6. The van der Waals surface area contributed by atoms with Crippen molar-refractivity contribution in [3.63, 3.8) is 0 Å². The molecule has 2 aromatic carbocycles. The van der Waals surface area contributed by atoms with Gasteiger partial charge in [-0.05, 0) is 73.7 Å². The summed E-state index contributed by atoms with van der Waals surface area (Å²) >= 11 is 0. The van der Waals surface area contributed by atoms with Crippen LogP contribution in [0.2, 0.25) is 0 Å². The van der Waals surface area contributed by atoms with Gasteiger partial charge >= 0.3 is 12.1 Å². The lowest BCUT2D eigenvalue weighted by molar-refractivity contribution is -0.116. The molecule has 158 valence electrons. The second-order valence-corrected chi connectivity index (χ2v) is 7.72. The molecule has 2 aromatic rings. The molecule has 7 nitrogen and oxygen atoms in total. The molecule has 2 N–H and O–H groups in total. The average molecular weight is 410 g/mol. The maximum Gasteiger partial charge on any atom is 0.407 e. The summed E-state index contributed by atoms with van der Waals surface area (Å²) in [5, 5.41) is 12.1. The molecule has 2 amide bonds. The van der Waals surface area contributed by atoms with E-state index in [-0.39, 0.29) is 23.6 Å². The van der Waals surface area contributed by atoms with Gasteiger partial charge in [-0.25, -0.2) is 9.59 Å². The van der Waals surface area contributed by atoms with E-state index in [1.807, 2.05) is 25.1 Å². The van der Waals surface area contributed by atoms with E-state index >= 15 is 0 Å². The topological polar surface area (TPSA) is 95.9 Å². The van der Waals surface area contributed by atoms with Crippen molar-refractivity contribution in [2.24, 2.45) is 0 Å². The molecule has 0 saturated heterocycles. The van der Waals surface area contributed by atoms with Crippen LogP contribution in [0, 0.1) is 6.92 Å². The van der Waals surface area contributed by atoms with E-state index in [0.717, 1.165) is 27.9 Å². The minimum Gasteiger partial charge on any atom is -0.478 e. The lowest BCUT2D eigenvalue weighted by Crippen LogP contribution is -2.40. The third kappa shape index (κ3) is 4.45. The first-order valence-corrected chi connectivity index (χ1v) is 9.91. The van der Waals surface area contributed by atoms with Crippen molar-refractivity contribution in [1.29, 1.82) is 0 Å². The second kappa shape index (κ2) is 8.57. The first-order chi connectivity index (χ1) is 14.2. The molecule has 1 atom stereocenters. The molecule has 0 spiro atoms. The average Bonchev–Trinajstić information content (AvgIpc) is 2.66. The van der Waals surface area contributed by atoms with Gasteiger partial charge in [-0.3, -0.25) is 4.79 Å². The highest BCUT2D eigenvalue weighted by molar-refractivity contribution is 5.94. The Bertz CT molecular complexity index is 999. The fraction of sp³-hybridized carbons (Fsp3) is 0.348. The highest BCUT2D eigenvalue weighted by Gasteiger charge is 2.29. The van der Waals surface area contributed by atoms with Crippen LogP contribution in [0.4, 0.5) is 10.5 Å². The molecule has 1 aliphatic heterocycles. The molecule has 1 unspecified atom stereocenters. The Morgan fingerprint density at radius 2 is 1.90 bits per heavy atom. The zero-order valence-electron chi connectivity index (χ0n) is 17.6. The van der Waals surface area contributed by atoms with E-state index in [1.165, 1.54) is 6.92 Å². The van der Waals surface area contributed by atoms with E-state index in [2.05, 4.69) is 5.32 Å². The Morgan fingerprint density at radius 3 is 2.50 bits per heavy atom. The lowest BCUT2D eigenvalue weighted by Gasteiger charge is -2.34. The summed E-state index contributed by atoms with van der Waals surface area (Å²) in [5.41, 5.74) is 4.43. The monoisotopic (exact) mass is 410 g/mol. The maximum absolute atomic E-state index is 12.2. The summed E-state index contributed by atoms with van der Waals surface area (Å²) in [4.78, 5) is 37.2. The summed E-state index contributed by atoms with van der Waals surface area (Å²) in [6, 6.07) is 10.4. The summed E-state index contributed by atoms with van der Waals surface area (Å²) in [5.74, 6) is -1.03. The molecular weight excluding hydrogens is 384 g/mol. The first-order valence-electron chi connectivity index (χ1n) is 9.91. The molecule has 1 aliphatic rings. The number of amides is 2. The number of anilines is 1. The fourth-order valence-electron chi connectivity index (χ4n) is 3.77. The van der Waals surface area contributed by atoms with Gasteiger partial charge in [0.15, 0.2) is 0 Å². The van der Waals surface area contributed by atoms with Crippen LogP contribution in [0.3, 0.4) is 0 Å². The number of ether oxygens (including phenoxy) is 1. The summed E-state index contributed by atoms with van der Waals surface area (Å²) in [6.07, 6.45) is -0.159. The Balaban J connectivity index is 2.02. The van der Waals surface area contributed by atoms with Crippen LogP contribution in [0.15, 0.2) is 36.4 Å². The molecule has 0 aliphatic carbocycles. The van der Waals surface area contributed by atoms with Gasteiger partial charge in [0.25, 0.3) is 0 Å². The van der Waals surface area contributed by atoms with Gasteiger partial charge in [0.2, 0.25) is 5.91 Å². The normalized spacial score (nSPS) is 15.5. The molecule has 1 heterocycles. The maximum atomic E-state index is 12.2. The van der Waals surface area contributed by atoms with Gasteiger partial charge < -0.3 is 20.1 Å². The lowest BCUT2D eigenvalue weighted by atomic mass is 9.91. The number of aromatic carboxylic acids is 1. The van der Waals surface area contributed by atoms with Crippen LogP contribution in [0.25, 0.3) is 11.1 Å². The van der Waals surface area contributed by atoms with E-state index < -0.39 is 12.1 Å². The van der Waals surface area contributed by atoms with E-state index in [9.17, 15) is 19.5 Å². The highest BCUT2D eigenvalue weighted by Crippen LogP contribution is 2.38. The summed E-state index contributed by atoms with van der Waals surface area (Å²) < 4.78 is 5.23. The summed E-state index contributed by atoms with van der Waals surface area (Å²) in [7, 11) is 0. The number of carbonyl (C=O) groups excluding carboxylic acids is 2. The van der Waals surface area contributed by atoms with Crippen molar-refractivity contribution in [2.45, 2.75) is 46.3 Å². The van der Waals surface area contributed by atoms with Crippen LogP contribution in [0.1, 0.15) is 54.7 Å². The van der Waals surface area contributed by atoms with Gasteiger partial charge in [-0.2, -0.15) is 0 Å². The van der Waals surface area contributed by atoms with E-state index in [4.69, 9.17) is 4.74 Å². The van der Waals surface area contributed by atoms with Crippen molar-refractivity contribution in [2.75, 3.05) is 11.4 Å². The zero-order chi connectivity index (χ0) is 22.0. The SMILES string of the molecule is CC(=O)N1CCC(NC(=O)OC(C)C)c2cc(-c3ccc(C(=O)O)cc3C)ccc21. The molecule has 3 rings (SSSR count). The minimum atomic E-state index is -0.972. The van der Waals surface area contributed by atoms with Crippen molar-refractivity contribution >= 4 is 23.7 Å². The van der Waals surface area contributed by atoms with Crippen molar-refractivity contribution in [3.05, 3.63) is 53.1 Å². The third-order valence-corrected chi connectivity index (χ3v) is 5.13. The molecule has 0 bridgehead atoms. The van der Waals surface area contributed by atoms with Crippen molar-refractivity contribution in [3.8, 4) is 11.1 Å². The minimum absolute atomic E-state index is 0.0609. The molecule has 0 radical (unpaired) electrons. The number of benzene rings is 2.